The maximum atomic E-state index is 13.4. The Morgan fingerprint density at radius 3 is 2.46 bits per heavy atom. The third-order valence-corrected chi connectivity index (χ3v) is 4.18. The summed E-state index contributed by atoms with van der Waals surface area (Å²) in [5.41, 5.74) is -5.55. The number of nitrogens with one attached hydrogen (secondary N) is 1. The number of fused-ring (bicyclic) bond motifs is 1. The van der Waals surface area contributed by atoms with Crippen LogP contribution in [-0.2, 0) is 6.42 Å². The lowest BCUT2D eigenvalue weighted by Crippen LogP contribution is -2.45. The molecule has 2 aromatic heterocycles. The monoisotopic (exact) mass is 380 g/mol. The van der Waals surface area contributed by atoms with Crippen LogP contribution in [0.1, 0.15) is 28.7 Å². The van der Waals surface area contributed by atoms with Gasteiger partial charge >= 0.3 is 18.3 Å². The van der Waals surface area contributed by atoms with Crippen LogP contribution in [0.25, 0.3) is 12.0 Å². The van der Waals surface area contributed by atoms with Crippen molar-refractivity contribution in [3.05, 3.63) is 34.9 Å². The minimum atomic E-state index is -5.19. The Hall–Kier alpha value is -2.79. The third-order valence-electron chi connectivity index (χ3n) is 4.18. The van der Waals surface area contributed by atoms with Crippen LogP contribution in [0.3, 0.4) is 0 Å². The molecule has 0 aromatic carbocycles. The molecule has 0 saturated carbocycles. The van der Waals surface area contributed by atoms with E-state index in [4.69, 9.17) is 5.11 Å². The van der Waals surface area contributed by atoms with Crippen LogP contribution in [0, 0.1) is 5.41 Å². The molecule has 0 saturated heterocycles. The topological polar surface area (TPSA) is 83.8 Å². The second-order valence-corrected chi connectivity index (χ2v) is 5.97. The van der Waals surface area contributed by atoms with Crippen LogP contribution < -0.4 is 0 Å². The van der Waals surface area contributed by atoms with Crippen molar-refractivity contribution in [3.8, 4) is 5.95 Å². The number of rotatable bonds is 2. The number of nitrogens with zero attached hydrogens (tertiary/aromatic N) is 3. The molecular weight excluding hydrogens is 370 g/mol. The lowest BCUT2D eigenvalue weighted by Gasteiger charge is -2.37. The number of aromatic carboxylic acids is 1. The number of aromatic amines is 1. The van der Waals surface area contributed by atoms with Gasteiger partial charge in [0.15, 0.2) is 0 Å². The maximum absolute atomic E-state index is 13.4. The Balaban J connectivity index is 2.10. The van der Waals surface area contributed by atoms with E-state index in [0.717, 1.165) is 17.1 Å². The number of carboxylic acid groups (broad SMARTS) is 1. The lowest BCUT2D eigenvalue weighted by atomic mass is 9.73. The zero-order valence-electron chi connectivity index (χ0n) is 12.9. The van der Waals surface area contributed by atoms with Crippen LogP contribution in [0.15, 0.2) is 18.0 Å². The molecule has 1 aliphatic carbocycles. The van der Waals surface area contributed by atoms with Crippen molar-refractivity contribution in [2.24, 2.45) is 5.41 Å². The number of carboxylic acids is 1. The highest BCUT2D eigenvalue weighted by atomic mass is 19.4. The lowest BCUT2D eigenvalue weighted by molar-refractivity contribution is -0.224. The molecule has 6 nitrogen and oxygen atoms in total. The molecule has 1 unspecified atom stereocenters. The number of allylic oxidation sites excluding steroid dienone is 1. The van der Waals surface area contributed by atoms with E-state index < -0.39 is 35.7 Å². The van der Waals surface area contributed by atoms with Gasteiger partial charge in [0.2, 0.25) is 5.95 Å². The minimum absolute atomic E-state index is 0.153. The Kier molecular flexibility index (Phi) is 3.71. The highest BCUT2D eigenvalue weighted by Gasteiger charge is 2.61. The van der Waals surface area contributed by atoms with Gasteiger partial charge in [-0.05, 0) is 13.0 Å². The first kappa shape index (κ1) is 18.0. The Morgan fingerprint density at radius 1 is 1.31 bits per heavy atom. The molecule has 0 radical (unpaired) electrons. The van der Waals surface area contributed by atoms with Gasteiger partial charge in [0.1, 0.15) is 0 Å². The highest BCUT2D eigenvalue weighted by molar-refractivity contribution is 5.86. The van der Waals surface area contributed by atoms with Crippen molar-refractivity contribution in [2.75, 3.05) is 0 Å². The minimum Gasteiger partial charge on any atom is -0.478 e. The van der Waals surface area contributed by atoms with E-state index in [1.807, 2.05) is 0 Å². The fraction of sp³-hybridized carbons (Fsp3) is 0.357. The molecule has 12 heteroatoms. The van der Waals surface area contributed by atoms with E-state index in [9.17, 15) is 31.1 Å². The Bertz CT molecular complexity index is 907. The zero-order valence-corrected chi connectivity index (χ0v) is 12.9. The summed E-state index contributed by atoms with van der Waals surface area (Å²) >= 11 is 0. The van der Waals surface area contributed by atoms with Crippen LogP contribution in [0.5, 0.6) is 0 Å². The molecule has 0 aliphatic heterocycles. The standard InChI is InChI=1S/C14H10F6N4O2/c1-12(14(18,19)20)3-8-7(2-9(12)13(15,16)17)22-11(23-8)24-5-6(4-21-24)10(25)26/h2,4-5H,3H2,1H3,(H,22,23)(H,25,26). The summed E-state index contributed by atoms with van der Waals surface area (Å²) < 4.78 is 80.6. The van der Waals surface area contributed by atoms with Gasteiger partial charge in [-0.3, -0.25) is 0 Å². The second kappa shape index (κ2) is 5.35. The number of imidazole rings is 1. The largest absolute Gasteiger partial charge is 0.478 e. The maximum Gasteiger partial charge on any atom is 0.413 e. The van der Waals surface area contributed by atoms with Gasteiger partial charge in [0, 0.05) is 18.3 Å². The summed E-state index contributed by atoms with van der Waals surface area (Å²) in [5.74, 6) is -1.48. The summed E-state index contributed by atoms with van der Waals surface area (Å²) in [6, 6.07) is 0. The molecular formula is C14H10F6N4O2. The van der Waals surface area contributed by atoms with Gasteiger partial charge in [0.05, 0.1) is 28.4 Å². The normalized spacial score (nSPS) is 20.7. The summed E-state index contributed by atoms with van der Waals surface area (Å²) in [6.45, 7) is 0.478. The average Bonchev–Trinajstić information content (AvgIpc) is 3.09. The van der Waals surface area contributed by atoms with Crippen molar-refractivity contribution in [1.29, 1.82) is 0 Å². The van der Waals surface area contributed by atoms with Crippen LogP contribution >= 0.6 is 0 Å². The predicted octanol–water partition coefficient (Wildman–Crippen LogP) is 3.36. The zero-order chi connectivity index (χ0) is 19.5. The molecule has 0 amide bonds. The van der Waals surface area contributed by atoms with Gasteiger partial charge in [-0.25, -0.2) is 14.5 Å². The quantitative estimate of drug-likeness (QED) is 0.783. The number of halogens is 6. The molecule has 2 heterocycles. The van der Waals surface area contributed by atoms with E-state index in [1.54, 1.807) is 0 Å². The van der Waals surface area contributed by atoms with Crippen LogP contribution in [-0.4, -0.2) is 43.2 Å². The Labute approximate surface area is 141 Å². The summed E-state index contributed by atoms with van der Waals surface area (Å²) in [6.07, 6.45) is -8.96. The van der Waals surface area contributed by atoms with E-state index in [-0.39, 0.29) is 22.9 Å². The first-order valence-electron chi connectivity index (χ1n) is 7.06. The van der Waals surface area contributed by atoms with Gasteiger partial charge in [0.25, 0.3) is 0 Å². The fourth-order valence-corrected chi connectivity index (χ4v) is 2.71. The van der Waals surface area contributed by atoms with E-state index in [0.29, 0.717) is 13.0 Å². The molecule has 140 valence electrons. The number of carbonyl (C=O) groups is 1. The van der Waals surface area contributed by atoms with Crippen LogP contribution in [0.2, 0.25) is 0 Å². The smallest absolute Gasteiger partial charge is 0.413 e. The first-order chi connectivity index (χ1) is 11.8. The number of aromatic nitrogens is 4. The molecule has 26 heavy (non-hydrogen) atoms. The summed E-state index contributed by atoms with van der Waals surface area (Å²) in [7, 11) is 0. The molecule has 2 N–H and O–H groups in total. The molecule has 0 spiro atoms. The van der Waals surface area contributed by atoms with Gasteiger partial charge in [-0.15, -0.1) is 0 Å². The van der Waals surface area contributed by atoms with E-state index in [1.165, 1.54) is 0 Å². The summed E-state index contributed by atoms with van der Waals surface area (Å²) in [4.78, 5) is 17.1. The highest BCUT2D eigenvalue weighted by Crippen LogP contribution is 2.54. The molecule has 0 fully saturated rings. The SMILES string of the molecule is CC1(C(F)(F)F)Cc2[nH]c(-n3cc(C(=O)O)cn3)nc2C=C1C(F)(F)F. The Morgan fingerprint density at radius 2 is 1.96 bits per heavy atom. The van der Waals surface area contributed by atoms with Crippen molar-refractivity contribution in [2.45, 2.75) is 25.7 Å². The predicted molar refractivity (Wildman–Crippen MR) is 74.6 cm³/mol. The average molecular weight is 380 g/mol. The molecule has 2 aromatic rings. The third kappa shape index (κ3) is 2.74. The molecule has 1 aliphatic rings. The number of H-pyrrole nitrogens is 1. The fourth-order valence-electron chi connectivity index (χ4n) is 2.71. The first-order valence-corrected chi connectivity index (χ1v) is 7.06. The number of hydrogen-bond acceptors (Lipinski definition) is 3. The molecule has 0 bridgehead atoms. The summed E-state index contributed by atoms with van der Waals surface area (Å²) in [5, 5.41) is 12.5. The van der Waals surface area contributed by atoms with Crippen molar-refractivity contribution in [1.82, 2.24) is 19.7 Å². The van der Waals surface area contributed by atoms with Gasteiger partial charge < -0.3 is 10.1 Å². The molecule has 1 atom stereocenters. The van der Waals surface area contributed by atoms with Crippen molar-refractivity contribution in [3.63, 3.8) is 0 Å². The van der Waals surface area contributed by atoms with Crippen LogP contribution in [0.4, 0.5) is 26.3 Å². The van der Waals surface area contributed by atoms with E-state index >= 15 is 0 Å². The molecule has 3 rings (SSSR count). The number of hydrogen-bond donors (Lipinski definition) is 2. The van der Waals surface area contributed by atoms with Gasteiger partial charge in [-0.2, -0.15) is 31.4 Å². The second-order valence-electron chi connectivity index (χ2n) is 5.97. The van der Waals surface area contributed by atoms with Gasteiger partial charge in [-0.1, -0.05) is 0 Å². The van der Waals surface area contributed by atoms with Crippen molar-refractivity contribution < 1.29 is 36.2 Å². The van der Waals surface area contributed by atoms with E-state index in [2.05, 4.69) is 15.1 Å². The van der Waals surface area contributed by atoms with Crippen molar-refractivity contribution >= 4 is 12.0 Å². The number of alkyl halides is 6.